The Bertz CT molecular complexity index is 748. The standard InChI is InChI=1S/C24H28O6/c1-27-21-11-7-19(8-12-21)23(25)29-15-17-3-5-18(6-4-17)16-30-24(26)20-9-13-22(28-2)14-10-20/h7-14,17-18H,3-6,15-16H2,1-2H3. The lowest BCUT2D eigenvalue weighted by Gasteiger charge is -2.27. The summed E-state index contributed by atoms with van der Waals surface area (Å²) < 4.78 is 21.1. The van der Waals surface area contributed by atoms with E-state index in [1.54, 1.807) is 62.8 Å². The number of carbonyl (C=O) groups is 2. The quantitative estimate of drug-likeness (QED) is 0.594. The second-order valence-corrected chi connectivity index (χ2v) is 7.54. The summed E-state index contributed by atoms with van der Waals surface area (Å²) in [7, 11) is 3.17. The van der Waals surface area contributed by atoms with E-state index in [0.717, 1.165) is 25.7 Å². The first kappa shape index (κ1) is 21.7. The Labute approximate surface area is 177 Å². The SMILES string of the molecule is COc1ccc(C(=O)OCC2CCC(COC(=O)c3ccc(OC)cc3)CC2)cc1. The van der Waals surface area contributed by atoms with Crippen LogP contribution >= 0.6 is 0 Å². The van der Waals surface area contributed by atoms with Gasteiger partial charge in [0.05, 0.1) is 38.6 Å². The number of rotatable bonds is 8. The van der Waals surface area contributed by atoms with E-state index in [1.807, 2.05) is 0 Å². The first-order valence-electron chi connectivity index (χ1n) is 10.2. The third kappa shape index (κ3) is 5.99. The zero-order valence-electron chi connectivity index (χ0n) is 17.5. The minimum atomic E-state index is -0.312. The largest absolute Gasteiger partial charge is 0.497 e. The molecule has 0 radical (unpaired) electrons. The van der Waals surface area contributed by atoms with Gasteiger partial charge in [-0.05, 0) is 86.1 Å². The Hall–Kier alpha value is -3.02. The van der Waals surface area contributed by atoms with Crippen LogP contribution in [0.5, 0.6) is 11.5 Å². The smallest absolute Gasteiger partial charge is 0.338 e. The van der Waals surface area contributed by atoms with Crippen LogP contribution < -0.4 is 9.47 Å². The number of methoxy groups -OCH3 is 2. The van der Waals surface area contributed by atoms with E-state index >= 15 is 0 Å². The topological polar surface area (TPSA) is 71.1 Å². The molecule has 30 heavy (non-hydrogen) atoms. The lowest BCUT2D eigenvalue weighted by Crippen LogP contribution is -2.24. The van der Waals surface area contributed by atoms with Crippen molar-refractivity contribution in [1.82, 2.24) is 0 Å². The second kappa shape index (κ2) is 10.7. The molecule has 0 heterocycles. The highest BCUT2D eigenvalue weighted by molar-refractivity contribution is 5.90. The molecule has 0 atom stereocenters. The van der Waals surface area contributed by atoms with Gasteiger partial charge in [-0.15, -0.1) is 0 Å². The molecular formula is C24H28O6. The molecule has 1 fully saturated rings. The fourth-order valence-electron chi connectivity index (χ4n) is 3.57. The van der Waals surface area contributed by atoms with Gasteiger partial charge in [-0.25, -0.2) is 9.59 Å². The van der Waals surface area contributed by atoms with Gasteiger partial charge >= 0.3 is 11.9 Å². The highest BCUT2D eigenvalue weighted by Crippen LogP contribution is 2.29. The first-order valence-corrected chi connectivity index (χ1v) is 10.2. The third-order valence-electron chi connectivity index (χ3n) is 5.52. The Balaban J connectivity index is 1.36. The Morgan fingerprint density at radius 1 is 0.667 bits per heavy atom. The Kier molecular flexibility index (Phi) is 7.71. The van der Waals surface area contributed by atoms with E-state index in [-0.39, 0.29) is 11.9 Å². The zero-order valence-corrected chi connectivity index (χ0v) is 17.5. The molecule has 2 aromatic carbocycles. The molecule has 1 aliphatic rings. The van der Waals surface area contributed by atoms with Crippen LogP contribution in [0.1, 0.15) is 46.4 Å². The van der Waals surface area contributed by atoms with E-state index < -0.39 is 0 Å². The Morgan fingerprint density at radius 2 is 1.00 bits per heavy atom. The van der Waals surface area contributed by atoms with Crippen LogP contribution in [0.2, 0.25) is 0 Å². The van der Waals surface area contributed by atoms with Gasteiger partial charge in [-0.3, -0.25) is 0 Å². The van der Waals surface area contributed by atoms with Crippen molar-refractivity contribution in [3.63, 3.8) is 0 Å². The highest BCUT2D eigenvalue weighted by Gasteiger charge is 2.24. The molecule has 160 valence electrons. The predicted molar refractivity (Wildman–Crippen MR) is 112 cm³/mol. The molecule has 0 bridgehead atoms. The minimum Gasteiger partial charge on any atom is -0.497 e. The van der Waals surface area contributed by atoms with Crippen molar-refractivity contribution in [3.05, 3.63) is 59.7 Å². The molecular weight excluding hydrogens is 384 g/mol. The van der Waals surface area contributed by atoms with Gasteiger partial charge < -0.3 is 18.9 Å². The molecule has 0 spiro atoms. The van der Waals surface area contributed by atoms with E-state index in [1.165, 1.54) is 0 Å². The van der Waals surface area contributed by atoms with Gasteiger partial charge in [0.15, 0.2) is 0 Å². The second-order valence-electron chi connectivity index (χ2n) is 7.54. The summed E-state index contributed by atoms with van der Waals surface area (Å²) in [6.45, 7) is 0.840. The van der Waals surface area contributed by atoms with Crippen LogP contribution in [0.15, 0.2) is 48.5 Å². The maximum absolute atomic E-state index is 12.2. The summed E-state index contributed by atoms with van der Waals surface area (Å²) in [6.07, 6.45) is 3.84. The van der Waals surface area contributed by atoms with Gasteiger partial charge in [0, 0.05) is 0 Å². The number of benzene rings is 2. The number of carbonyl (C=O) groups excluding carboxylic acids is 2. The lowest BCUT2D eigenvalue weighted by molar-refractivity contribution is 0.0297. The van der Waals surface area contributed by atoms with Crippen molar-refractivity contribution in [2.24, 2.45) is 11.8 Å². The predicted octanol–water partition coefficient (Wildman–Crippen LogP) is 4.52. The number of hydrogen-bond acceptors (Lipinski definition) is 6. The summed E-state index contributed by atoms with van der Waals surface area (Å²) in [4.78, 5) is 24.4. The summed E-state index contributed by atoms with van der Waals surface area (Å²) in [6, 6.07) is 13.8. The van der Waals surface area contributed by atoms with Gasteiger partial charge in [0.25, 0.3) is 0 Å². The van der Waals surface area contributed by atoms with Crippen molar-refractivity contribution in [2.45, 2.75) is 25.7 Å². The number of hydrogen-bond donors (Lipinski definition) is 0. The summed E-state index contributed by atoms with van der Waals surface area (Å²) in [5.41, 5.74) is 1.05. The zero-order chi connectivity index (χ0) is 21.3. The third-order valence-corrected chi connectivity index (χ3v) is 5.52. The molecule has 6 nitrogen and oxygen atoms in total. The van der Waals surface area contributed by atoms with Crippen LogP contribution in [-0.2, 0) is 9.47 Å². The molecule has 0 unspecified atom stereocenters. The highest BCUT2D eigenvalue weighted by atomic mass is 16.5. The van der Waals surface area contributed by atoms with Crippen LogP contribution in [0.3, 0.4) is 0 Å². The van der Waals surface area contributed by atoms with Crippen molar-refractivity contribution < 1.29 is 28.5 Å². The number of ether oxygens (including phenoxy) is 4. The fraction of sp³-hybridized carbons (Fsp3) is 0.417. The summed E-state index contributed by atoms with van der Waals surface area (Å²) in [5, 5.41) is 0. The van der Waals surface area contributed by atoms with Crippen molar-refractivity contribution >= 4 is 11.9 Å². The number of esters is 2. The molecule has 2 aromatic rings. The molecule has 3 rings (SSSR count). The minimum absolute atomic E-state index is 0.312. The summed E-state index contributed by atoms with van der Waals surface area (Å²) in [5.74, 6) is 1.48. The van der Waals surface area contributed by atoms with Gasteiger partial charge in [0.2, 0.25) is 0 Å². The van der Waals surface area contributed by atoms with Crippen molar-refractivity contribution in [3.8, 4) is 11.5 Å². The van der Waals surface area contributed by atoms with Crippen LogP contribution in [-0.4, -0.2) is 39.4 Å². The van der Waals surface area contributed by atoms with E-state index in [9.17, 15) is 9.59 Å². The average Bonchev–Trinajstić information content (AvgIpc) is 2.81. The van der Waals surface area contributed by atoms with Crippen LogP contribution in [0, 0.1) is 11.8 Å². The van der Waals surface area contributed by atoms with Crippen molar-refractivity contribution in [1.29, 1.82) is 0 Å². The Morgan fingerprint density at radius 3 is 1.30 bits per heavy atom. The molecule has 1 saturated carbocycles. The van der Waals surface area contributed by atoms with E-state index in [4.69, 9.17) is 18.9 Å². The maximum atomic E-state index is 12.2. The molecule has 0 aromatic heterocycles. The average molecular weight is 412 g/mol. The molecule has 0 saturated heterocycles. The summed E-state index contributed by atoms with van der Waals surface area (Å²) >= 11 is 0. The monoisotopic (exact) mass is 412 g/mol. The van der Waals surface area contributed by atoms with Crippen LogP contribution in [0.25, 0.3) is 0 Å². The maximum Gasteiger partial charge on any atom is 0.338 e. The molecule has 1 aliphatic carbocycles. The fourth-order valence-corrected chi connectivity index (χ4v) is 3.57. The van der Waals surface area contributed by atoms with Crippen LogP contribution in [0.4, 0.5) is 0 Å². The molecule has 0 amide bonds. The van der Waals surface area contributed by atoms with E-state index in [2.05, 4.69) is 0 Å². The molecule has 6 heteroatoms. The first-order chi connectivity index (χ1) is 14.6. The van der Waals surface area contributed by atoms with Gasteiger partial charge in [0.1, 0.15) is 11.5 Å². The van der Waals surface area contributed by atoms with Crippen molar-refractivity contribution in [2.75, 3.05) is 27.4 Å². The normalized spacial score (nSPS) is 18.3. The molecule has 0 aliphatic heterocycles. The lowest BCUT2D eigenvalue weighted by atomic mass is 9.83. The van der Waals surface area contributed by atoms with Gasteiger partial charge in [-0.2, -0.15) is 0 Å². The van der Waals surface area contributed by atoms with E-state index in [0.29, 0.717) is 47.7 Å². The molecule has 0 N–H and O–H groups in total. The van der Waals surface area contributed by atoms with Gasteiger partial charge in [-0.1, -0.05) is 0 Å².